The van der Waals surface area contributed by atoms with Crippen LogP contribution in [0.15, 0.2) is 0 Å². The summed E-state index contributed by atoms with van der Waals surface area (Å²) in [6.45, 7) is 9.73. The van der Waals surface area contributed by atoms with Crippen molar-refractivity contribution in [1.29, 1.82) is 0 Å². The molecule has 20 heavy (non-hydrogen) atoms. The van der Waals surface area contributed by atoms with E-state index in [0.717, 1.165) is 24.8 Å². The van der Waals surface area contributed by atoms with E-state index in [1.54, 1.807) is 0 Å². The third-order valence-corrected chi connectivity index (χ3v) is 5.35. The van der Waals surface area contributed by atoms with Gasteiger partial charge in [0.15, 0.2) is 0 Å². The van der Waals surface area contributed by atoms with E-state index in [2.05, 4.69) is 37.9 Å². The van der Waals surface area contributed by atoms with Gasteiger partial charge >= 0.3 is 0 Å². The summed E-state index contributed by atoms with van der Waals surface area (Å²) in [4.78, 5) is 14.7. The minimum atomic E-state index is 0.0342. The number of carbonyl (C=O) groups excluding carboxylic acids is 1. The lowest BCUT2D eigenvalue weighted by molar-refractivity contribution is -0.131. The molecule has 2 atom stereocenters. The van der Waals surface area contributed by atoms with E-state index in [0.29, 0.717) is 11.8 Å². The number of hydrogen-bond acceptors (Lipinski definition) is 2. The zero-order valence-electron chi connectivity index (χ0n) is 13.7. The van der Waals surface area contributed by atoms with Gasteiger partial charge in [0, 0.05) is 6.54 Å². The Kier molecular flexibility index (Phi) is 5.48. The Morgan fingerprint density at radius 3 is 2.20 bits per heavy atom. The molecule has 1 aliphatic carbocycles. The monoisotopic (exact) mass is 280 g/mol. The quantitative estimate of drug-likeness (QED) is 0.837. The SMILES string of the molecule is CCC1CCC(CN2C(=O)C(C(C)C)NC2CC)CC1. The van der Waals surface area contributed by atoms with Gasteiger partial charge in [-0.1, -0.05) is 47.0 Å². The standard InChI is InChI=1S/C17H32N2O/c1-5-13-7-9-14(10-8-13)11-19-15(6-2)18-16(12(3)4)17(19)20/h12-16,18H,5-11H2,1-4H3. The Bertz CT molecular complexity index is 321. The van der Waals surface area contributed by atoms with Gasteiger partial charge in [0.25, 0.3) is 0 Å². The van der Waals surface area contributed by atoms with Crippen LogP contribution in [0, 0.1) is 17.8 Å². The van der Waals surface area contributed by atoms with E-state index in [-0.39, 0.29) is 12.2 Å². The van der Waals surface area contributed by atoms with E-state index in [1.165, 1.54) is 32.1 Å². The fourth-order valence-corrected chi connectivity index (χ4v) is 3.83. The Labute approximate surface area is 124 Å². The molecule has 0 bridgehead atoms. The summed E-state index contributed by atoms with van der Waals surface area (Å²) in [5, 5.41) is 3.53. The topological polar surface area (TPSA) is 32.3 Å². The molecule has 1 saturated carbocycles. The number of rotatable bonds is 5. The van der Waals surface area contributed by atoms with E-state index < -0.39 is 0 Å². The van der Waals surface area contributed by atoms with Crippen molar-refractivity contribution in [1.82, 2.24) is 10.2 Å². The molecule has 2 unspecified atom stereocenters. The molecule has 3 nitrogen and oxygen atoms in total. The van der Waals surface area contributed by atoms with Crippen molar-refractivity contribution in [3.8, 4) is 0 Å². The van der Waals surface area contributed by atoms with Gasteiger partial charge in [-0.25, -0.2) is 0 Å². The summed E-state index contributed by atoms with van der Waals surface area (Å²) < 4.78 is 0. The van der Waals surface area contributed by atoms with Crippen LogP contribution in [-0.4, -0.2) is 29.6 Å². The fourth-order valence-electron chi connectivity index (χ4n) is 3.83. The summed E-state index contributed by atoms with van der Waals surface area (Å²) >= 11 is 0. The van der Waals surface area contributed by atoms with Gasteiger partial charge in [-0.3, -0.25) is 10.1 Å². The zero-order valence-corrected chi connectivity index (χ0v) is 13.7. The third kappa shape index (κ3) is 3.36. The van der Waals surface area contributed by atoms with Crippen LogP contribution in [0.4, 0.5) is 0 Å². The molecule has 0 aromatic rings. The van der Waals surface area contributed by atoms with Crippen molar-refractivity contribution in [2.45, 2.75) is 78.4 Å². The number of nitrogens with one attached hydrogen (secondary N) is 1. The van der Waals surface area contributed by atoms with Gasteiger partial charge in [-0.05, 0) is 37.0 Å². The summed E-state index contributed by atoms with van der Waals surface area (Å²) in [6.07, 6.45) is 7.94. The molecule has 1 saturated heterocycles. The van der Waals surface area contributed by atoms with Crippen molar-refractivity contribution in [2.24, 2.45) is 17.8 Å². The zero-order chi connectivity index (χ0) is 14.7. The van der Waals surface area contributed by atoms with Crippen LogP contribution in [0.5, 0.6) is 0 Å². The highest BCUT2D eigenvalue weighted by Gasteiger charge is 2.40. The molecular weight excluding hydrogens is 248 g/mol. The van der Waals surface area contributed by atoms with Crippen molar-refractivity contribution < 1.29 is 4.79 Å². The third-order valence-electron chi connectivity index (χ3n) is 5.35. The molecule has 0 aromatic carbocycles. The van der Waals surface area contributed by atoms with Crippen LogP contribution in [0.3, 0.4) is 0 Å². The Hall–Kier alpha value is -0.570. The maximum atomic E-state index is 12.6. The molecule has 0 radical (unpaired) electrons. The van der Waals surface area contributed by atoms with Gasteiger partial charge in [-0.15, -0.1) is 0 Å². The first-order valence-electron chi connectivity index (χ1n) is 8.63. The first-order valence-corrected chi connectivity index (χ1v) is 8.63. The van der Waals surface area contributed by atoms with Crippen LogP contribution in [0.25, 0.3) is 0 Å². The van der Waals surface area contributed by atoms with Gasteiger partial charge in [0.1, 0.15) is 0 Å². The number of hydrogen-bond donors (Lipinski definition) is 1. The predicted molar refractivity (Wildman–Crippen MR) is 83.3 cm³/mol. The van der Waals surface area contributed by atoms with Gasteiger partial charge in [-0.2, -0.15) is 0 Å². The highest BCUT2D eigenvalue weighted by molar-refractivity contribution is 5.84. The van der Waals surface area contributed by atoms with Crippen molar-refractivity contribution in [3.63, 3.8) is 0 Å². The van der Waals surface area contributed by atoms with Crippen LogP contribution < -0.4 is 5.32 Å². The Morgan fingerprint density at radius 1 is 1.10 bits per heavy atom. The fraction of sp³-hybridized carbons (Fsp3) is 0.941. The molecule has 0 spiro atoms. The second kappa shape index (κ2) is 6.93. The first-order chi connectivity index (χ1) is 9.56. The Balaban J connectivity index is 1.92. The number of carbonyl (C=O) groups is 1. The normalized spacial score (nSPS) is 35.0. The van der Waals surface area contributed by atoms with Gasteiger partial charge < -0.3 is 4.90 Å². The largest absolute Gasteiger partial charge is 0.326 e. The molecule has 2 fully saturated rings. The van der Waals surface area contributed by atoms with Crippen LogP contribution in [0.1, 0.15) is 66.2 Å². The van der Waals surface area contributed by atoms with E-state index in [4.69, 9.17) is 0 Å². The van der Waals surface area contributed by atoms with Gasteiger partial charge in [0.2, 0.25) is 5.91 Å². The molecule has 3 heteroatoms. The van der Waals surface area contributed by atoms with Crippen molar-refractivity contribution in [3.05, 3.63) is 0 Å². The lowest BCUT2D eigenvalue weighted by Crippen LogP contribution is -2.40. The van der Waals surface area contributed by atoms with Crippen LogP contribution >= 0.6 is 0 Å². The molecule has 0 aromatic heterocycles. The van der Waals surface area contributed by atoms with Crippen LogP contribution in [0.2, 0.25) is 0 Å². The summed E-state index contributed by atoms with van der Waals surface area (Å²) in [5.74, 6) is 2.38. The Morgan fingerprint density at radius 2 is 1.70 bits per heavy atom. The average Bonchev–Trinajstić information content (AvgIpc) is 2.77. The lowest BCUT2D eigenvalue weighted by atomic mass is 9.80. The molecule has 1 heterocycles. The second-order valence-corrected chi connectivity index (χ2v) is 7.10. The van der Waals surface area contributed by atoms with Crippen LogP contribution in [-0.2, 0) is 4.79 Å². The van der Waals surface area contributed by atoms with Crippen molar-refractivity contribution in [2.75, 3.05) is 6.54 Å². The van der Waals surface area contributed by atoms with E-state index >= 15 is 0 Å². The highest BCUT2D eigenvalue weighted by Crippen LogP contribution is 2.32. The predicted octanol–water partition coefficient (Wildman–Crippen LogP) is 3.40. The number of nitrogens with zero attached hydrogens (tertiary/aromatic N) is 1. The molecular formula is C17H32N2O. The van der Waals surface area contributed by atoms with E-state index in [9.17, 15) is 4.79 Å². The average molecular weight is 280 g/mol. The summed E-state index contributed by atoms with van der Waals surface area (Å²) in [5.41, 5.74) is 0. The maximum absolute atomic E-state index is 12.6. The molecule has 1 aliphatic heterocycles. The first kappa shape index (κ1) is 15.8. The van der Waals surface area contributed by atoms with Gasteiger partial charge in [0.05, 0.1) is 12.2 Å². The highest BCUT2D eigenvalue weighted by atomic mass is 16.2. The summed E-state index contributed by atoms with van der Waals surface area (Å²) in [7, 11) is 0. The molecule has 1 N–H and O–H groups in total. The summed E-state index contributed by atoms with van der Waals surface area (Å²) in [6, 6.07) is 0.0342. The lowest BCUT2D eigenvalue weighted by Gasteiger charge is -2.33. The minimum absolute atomic E-state index is 0.0342. The molecule has 2 aliphatic rings. The van der Waals surface area contributed by atoms with E-state index in [1.807, 2.05) is 0 Å². The number of amides is 1. The smallest absolute Gasteiger partial charge is 0.241 e. The molecule has 116 valence electrons. The molecule has 1 amide bonds. The van der Waals surface area contributed by atoms with Crippen molar-refractivity contribution >= 4 is 5.91 Å². The minimum Gasteiger partial charge on any atom is -0.326 e. The molecule has 2 rings (SSSR count). The second-order valence-electron chi connectivity index (χ2n) is 7.10. The maximum Gasteiger partial charge on any atom is 0.241 e.